The van der Waals surface area contributed by atoms with Gasteiger partial charge >= 0.3 is 5.97 Å². The van der Waals surface area contributed by atoms with Gasteiger partial charge in [0.2, 0.25) is 5.91 Å². The summed E-state index contributed by atoms with van der Waals surface area (Å²) < 4.78 is 17.5. The number of rotatable bonds is 45. The van der Waals surface area contributed by atoms with Crippen molar-refractivity contribution in [1.82, 2.24) is 5.32 Å². The highest BCUT2D eigenvalue weighted by Gasteiger charge is 2.47. The standard InChI is InChI=1S/C55H101NO10/c1-4-7-10-13-16-19-22-25-28-31-34-37-40-43-50(60)66-53-52(62)51(61)49(44-57)65-55(53)64-45-46(47(58)41-38-35-32-29-26-23-20-17-14-11-8-5-2)56-54(63)48(59)42-39-36-33-30-27-24-21-18-15-12-9-6-3/h27,30,36,38-39,41,46-49,51-53,55,57-59,61-62H,4-26,28-29,31-35,37,40,42-45H2,1-3H3,(H,56,63)/b30-27-,39-36+,41-38+. The van der Waals surface area contributed by atoms with Gasteiger partial charge in [-0.2, -0.15) is 0 Å². The van der Waals surface area contributed by atoms with Gasteiger partial charge in [-0.05, 0) is 38.5 Å². The Morgan fingerprint density at radius 3 is 1.55 bits per heavy atom. The Labute approximate surface area is 403 Å². The number of unbranched alkanes of at least 4 members (excludes halogenated alkanes) is 28. The average Bonchev–Trinajstić information content (AvgIpc) is 3.31. The number of aliphatic hydroxyl groups excluding tert-OH is 5. The number of ether oxygens (including phenoxy) is 3. The van der Waals surface area contributed by atoms with Gasteiger partial charge in [0.05, 0.1) is 25.4 Å². The first-order valence-electron chi connectivity index (χ1n) is 27.3. The van der Waals surface area contributed by atoms with Crippen molar-refractivity contribution in [3.05, 3.63) is 36.5 Å². The molecule has 386 valence electrons. The lowest BCUT2D eigenvalue weighted by atomic mass is 9.99. The maximum atomic E-state index is 13.3. The molecule has 1 amide bonds. The van der Waals surface area contributed by atoms with E-state index in [0.29, 0.717) is 12.8 Å². The summed E-state index contributed by atoms with van der Waals surface area (Å²) >= 11 is 0. The van der Waals surface area contributed by atoms with Crippen LogP contribution in [-0.4, -0.2) is 99.6 Å². The molecule has 8 atom stereocenters. The molecule has 11 heteroatoms. The zero-order chi connectivity index (χ0) is 48.3. The predicted molar refractivity (Wildman–Crippen MR) is 269 cm³/mol. The van der Waals surface area contributed by atoms with E-state index < -0.39 is 67.4 Å². The number of carbonyl (C=O) groups is 2. The number of hydrogen-bond donors (Lipinski definition) is 6. The van der Waals surface area contributed by atoms with Crippen LogP contribution in [0.4, 0.5) is 0 Å². The van der Waals surface area contributed by atoms with E-state index in [4.69, 9.17) is 14.2 Å². The van der Waals surface area contributed by atoms with E-state index in [9.17, 15) is 35.1 Å². The molecule has 1 heterocycles. The maximum absolute atomic E-state index is 13.3. The van der Waals surface area contributed by atoms with Crippen molar-refractivity contribution in [3.63, 3.8) is 0 Å². The molecule has 0 aromatic carbocycles. The molecule has 1 aliphatic heterocycles. The van der Waals surface area contributed by atoms with Crippen LogP contribution in [0.15, 0.2) is 36.5 Å². The summed E-state index contributed by atoms with van der Waals surface area (Å²) in [6.07, 6.45) is 39.3. The highest BCUT2D eigenvalue weighted by molar-refractivity contribution is 5.81. The van der Waals surface area contributed by atoms with E-state index >= 15 is 0 Å². The normalized spacial score (nSPS) is 20.4. The van der Waals surface area contributed by atoms with E-state index in [1.54, 1.807) is 12.2 Å². The van der Waals surface area contributed by atoms with Crippen molar-refractivity contribution < 1.29 is 49.3 Å². The summed E-state index contributed by atoms with van der Waals surface area (Å²) in [5.41, 5.74) is 0. The minimum atomic E-state index is -1.62. The van der Waals surface area contributed by atoms with Gasteiger partial charge in [-0.25, -0.2) is 0 Å². The van der Waals surface area contributed by atoms with Gasteiger partial charge < -0.3 is 45.1 Å². The summed E-state index contributed by atoms with van der Waals surface area (Å²) in [6.45, 7) is 5.72. The third-order valence-corrected chi connectivity index (χ3v) is 12.8. The molecule has 66 heavy (non-hydrogen) atoms. The van der Waals surface area contributed by atoms with E-state index in [2.05, 4.69) is 38.2 Å². The smallest absolute Gasteiger partial charge is 0.306 e. The minimum absolute atomic E-state index is 0.0840. The molecule has 1 fully saturated rings. The molecular weight excluding hydrogens is 835 g/mol. The molecule has 0 radical (unpaired) electrons. The van der Waals surface area contributed by atoms with Crippen LogP contribution in [0.5, 0.6) is 0 Å². The number of carbonyl (C=O) groups excluding carboxylic acids is 2. The van der Waals surface area contributed by atoms with Crippen LogP contribution >= 0.6 is 0 Å². The number of amides is 1. The molecule has 0 spiro atoms. The van der Waals surface area contributed by atoms with Gasteiger partial charge in [-0.3, -0.25) is 9.59 Å². The molecule has 0 aliphatic carbocycles. The minimum Gasteiger partial charge on any atom is -0.454 e. The van der Waals surface area contributed by atoms with Gasteiger partial charge in [0, 0.05) is 12.8 Å². The molecule has 11 nitrogen and oxygen atoms in total. The van der Waals surface area contributed by atoms with Crippen molar-refractivity contribution in [2.24, 2.45) is 0 Å². The lowest BCUT2D eigenvalue weighted by Crippen LogP contribution is -2.61. The third kappa shape index (κ3) is 32.6. The highest BCUT2D eigenvalue weighted by atomic mass is 16.7. The fourth-order valence-corrected chi connectivity index (χ4v) is 8.40. The largest absolute Gasteiger partial charge is 0.454 e. The molecule has 0 bridgehead atoms. The third-order valence-electron chi connectivity index (χ3n) is 12.8. The summed E-state index contributed by atoms with van der Waals surface area (Å²) in [7, 11) is 0. The van der Waals surface area contributed by atoms with Crippen molar-refractivity contribution in [2.45, 2.75) is 288 Å². The number of aliphatic hydroxyl groups is 5. The molecule has 1 aliphatic rings. The van der Waals surface area contributed by atoms with Gasteiger partial charge in [0.1, 0.15) is 24.4 Å². The SMILES string of the molecule is CCCCCCCC/C=C\C/C=C/CC(O)C(=O)NC(COC1OC(CO)C(O)C(O)C1OC(=O)CCCCCCCCCCCCCCC)C(O)/C=C/CCCCCCCCCCCC. The second kappa shape index (κ2) is 44.1. The number of hydrogen-bond acceptors (Lipinski definition) is 10. The van der Waals surface area contributed by atoms with Crippen molar-refractivity contribution in [3.8, 4) is 0 Å². The number of nitrogens with one attached hydrogen (secondary N) is 1. The molecule has 0 saturated carbocycles. The monoisotopic (exact) mass is 936 g/mol. The zero-order valence-corrected chi connectivity index (χ0v) is 42.3. The topological polar surface area (TPSA) is 175 Å². The number of esters is 1. The summed E-state index contributed by atoms with van der Waals surface area (Å²) in [6, 6.07) is -1.05. The van der Waals surface area contributed by atoms with Crippen molar-refractivity contribution in [1.29, 1.82) is 0 Å². The predicted octanol–water partition coefficient (Wildman–Crippen LogP) is 11.6. The lowest BCUT2D eigenvalue weighted by molar-refractivity contribution is -0.305. The lowest BCUT2D eigenvalue weighted by Gasteiger charge is -2.41. The van der Waals surface area contributed by atoms with Crippen molar-refractivity contribution >= 4 is 11.9 Å². The van der Waals surface area contributed by atoms with Crippen LogP contribution in [0, 0.1) is 0 Å². The first kappa shape index (κ1) is 61.9. The first-order valence-corrected chi connectivity index (χ1v) is 27.3. The van der Waals surface area contributed by atoms with E-state index in [-0.39, 0.29) is 19.4 Å². The maximum Gasteiger partial charge on any atom is 0.306 e. The van der Waals surface area contributed by atoms with Crippen LogP contribution in [0.3, 0.4) is 0 Å². The fraction of sp³-hybridized carbons (Fsp3) is 0.855. The average molecular weight is 936 g/mol. The summed E-state index contributed by atoms with van der Waals surface area (Å²) in [5, 5.41) is 56.5. The second-order valence-electron chi connectivity index (χ2n) is 19.0. The van der Waals surface area contributed by atoms with Gasteiger partial charge in [0.25, 0.3) is 0 Å². The van der Waals surface area contributed by atoms with E-state index in [0.717, 1.165) is 44.9 Å². The Kier molecular flexibility index (Phi) is 41.4. The van der Waals surface area contributed by atoms with Gasteiger partial charge in [-0.15, -0.1) is 0 Å². The zero-order valence-electron chi connectivity index (χ0n) is 42.3. The fourth-order valence-electron chi connectivity index (χ4n) is 8.40. The molecule has 1 saturated heterocycles. The molecule has 0 aromatic rings. The van der Waals surface area contributed by atoms with E-state index in [1.165, 1.54) is 148 Å². The Morgan fingerprint density at radius 1 is 0.591 bits per heavy atom. The van der Waals surface area contributed by atoms with Crippen LogP contribution in [0.25, 0.3) is 0 Å². The number of allylic oxidation sites excluding steroid dienone is 4. The second-order valence-corrected chi connectivity index (χ2v) is 19.0. The Balaban J connectivity index is 2.80. The van der Waals surface area contributed by atoms with Gasteiger partial charge in [0.15, 0.2) is 12.4 Å². The molecular formula is C55H101NO10. The molecule has 8 unspecified atom stereocenters. The Morgan fingerprint density at radius 2 is 1.05 bits per heavy atom. The summed E-state index contributed by atoms with van der Waals surface area (Å²) in [5.74, 6) is -1.26. The summed E-state index contributed by atoms with van der Waals surface area (Å²) in [4.78, 5) is 26.3. The first-order chi connectivity index (χ1) is 32.2. The van der Waals surface area contributed by atoms with Gasteiger partial charge in [-0.1, -0.05) is 224 Å². The van der Waals surface area contributed by atoms with E-state index in [1.807, 2.05) is 12.2 Å². The Bertz CT molecular complexity index is 1210. The highest BCUT2D eigenvalue weighted by Crippen LogP contribution is 2.26. The van der Waals surface area contributed by atoms with Crippen LogP contribution < -0.4 is 5.32 Å². The van der Waals surface area contributed by atoms with Crippen LogP contribution in [0.1, 0.15) is 239 Å². The molecule has 0 aromatic heterocycles. The quantitative estimate of drug-likeness (QED) is 0.0196. The molecule has 6 N–H and O–H groups in total. The van der Waals surface area contributed by atoms with Crippen molar-refractivity contribution in [2.75, 3.05) is 13.2 Å². The Hall–Kier alpha value is -2.12. The van der Waals surface area contributed by atoms with Crippen LogP contribution in [-0.2, 0) is 23.8 Å². The van der Waals surface area contributed by atoms with Crippen LogP contribution in [0.2, 0.25) is 0 Å². The molecule has 1 rings (SSSR count).